The molecule has 1 amide bonds. The van der Waals surface area contributed by atoms with Crippen LogP contribution in [0.1, 0.15) is 59.8 Å². The van der Waals surface area contributed by atoms with Gasteiger partial charge in [-0.1, -0.05) is 10.4 Å². The highest BCUT2D eigenvalue weighted by molar-refractivity contribution is 5.89. The number of aliphatic hydroxyl groups excluding tert-OH is 1. The van der Waals surface area contributed by atoms with Crippen molar-refractivity contribution in [3.05, 3.63) is 29.4 Å². The van der Waals surface area contributed by atoms with Gasteiger partial charge in [-0.15, -0.1) is 5.10 Å². The van der Waals surface area contributed by atoms with E-state index >= 15 is 0 Å². The van der Waals surface area contributed by atoms with E-state index in [1.807, 2.05) is 0 Å². The third-order valence-corrected chi connectivity index (χ3v) is 3.68. The number of rotatable bonds is 4. The Labute approximate surface area is 114 Å². The number of aliphatic hydroxyl groups is 1. The lowest BCUT2D eigenvalue weighted by molar-refractivity contribution is 0.0964. The van der Waals surface area contributed by atoms with Crippen molar-refractivity contribution in [1.82, 2.24) is 20.2 Å². The number of hydrogen-bond donors (Lipinski definition) is 2. The summed E-state index contributed by atoms with van der Waals surface area (Å²) in [6.07, 6.45) is 2.60. The average Bonchev–Trinajstić information content (AvgIpc) is 2.95. The van der Waals surface area contributed by atoms with E-state index in [4.69, 9.17) is 10.3 Å². The number of nitrogens with two attached hydrogens (primary N) is 1. The van der Waals surface area contributed by atoms with Gasteiger partial charge in [-0.25, -0.2) is 4.68 Å². The molecule has 2 aromatic heterocycles. The van der Waals surface area contributed by atoms with Gasteiger partial charge in [0, 0.05) is 12.0 Å². The van der Waals surface area contributed by atoms with Gasteiger partial charge in [-0.3, -0.25) is 4.79 Å². The molecule has 1 aliphatic rings. The first-order chi connectivity index (χ1) is 9.56. The molecular formula is C12H15N5O3. The Morgan fingerprint density at radius 3 is 2.95 bits per heavy atom. The molecule has 1 saturated carbocycles. The molecule has 20 heavy (non-hydrogen) atoms. The molecule has 0 radical (unpaired) electrons. The molecule has 0 unspecified atom stereocenters. The monoisotopic (exact) mass is 277 g/mol. The highest BCUT2D eigenvalue weighted by Crippen LogP contribution is 2.44. The number of hydrogen-bond acceptors (Lipinski definition) is 6. The molecule has 8 nitrogen and oxygen atoms in total. The Morgan fingerprint density at radius 2 is 2.35 bits per heavy atom. The van der Waals surface area contributed by atoms with Crippen molar-refractivity contribution in [2.75, 3.05) is 0 Å². The van der Waals surface area contributed by atoms with Crippen LogP contribution in [0.15, 0.2) is 16.8 Å². The highest BCUT2D eigenvalue weighted by Gasteiger charge is 2.36. The third-order valence-electron chi connectivity index (χ3n) is 3.68. The van der Waals surface area contributed by atoms with Crippen LogP contribution in [0.2, 0.25) is 0 Å². The van der Waals surface area contributed by atoms with E-state index in [9.17, 15) is 9.90 Å². The summed E-state index contributed by atoms with van der Waals surface area (Å²) in [6.45, 7) is 1.68. The lowest BCUT2D eigenvalue weighted by Crippen LogP contribution is -2.28. The average molecular weight is 277 g/mol. The van der Waals surface area contributed by atoms with Crippen LogP contribution in [-0.4, -0.2) is 31.2 Å². The van der Waals surface area contributed by atoms with Crippen molar-refractivity contribution < 1.29 is 14.4 Å². The Kier molecular flexibility index (Phi) is 3.01. The smallest absolute Gasteiger partial charge is 0.287 e. The fraction of sp³-hybridized carbons (Fsp3) is 0.500. The fourth-order valence-corrected chi connectivity index (χ4v) is 2.46. The molecular weight excluding hydrogens is 262 g/mol. The van der Waals surface area contributed by atoms with Crippen LogP contribution in [0, 0.1) is 0 Å². The minimum Gasteiger partial charge on any atom is -0.387 e. The molecule has 0 bridgehead atoms. The summed E-state index contributed by atoms with van der Waals surface area (Å²) < 4.78 is 6.62. The predicted octanol–water partition coefficient (Wildman–Crippen LogP) is 0.537. The van der Waals surface area contributed by atoms with Crippen molar-refractivity contribution in [3.8, 4) is 0 Å². The predicted molar refractivity (Wildman–Crippen MR) is 66.7 cm³/mol. The van der Waals surface area contributed by atoms with Crippen LogP contribution in [0.4, 0.5) is 0 Å². The molecule has 0 aliphatic heterocycles. The maximum absolute atomic E-state index is 11.0. The van der Waals surface area contributed by atoms with Crippen LogP contribution in [0.25, 0.3) is 0 Å². The van der Waals surface area contributed by atoms with E-state index in [1.54, 1.807) is 23.9 Å². The summed E-state index contributed by atoms with van der Waals surface area (Å²) in [6, 6.07) is 1.76. The van der Waals surface area contributed by atoms with Gasteiger partial charge in [0.2, 0.25) is 5.76 Å². The Morgan fingerprint density at radius 1 is 1.60 bits per heavy atom. The maximum Gasteiger partial charge on any atom is 0.287 e. The standard InChI is InChI=1S/C12H15N5O3/c1-6(18)10-5-14-16-17(10)8-2-7(3-8)9-4-11(12(13)19)20-15-9/h4-8,18H,2-3H2,1H3,(H2,13,19)/t6-,7-,8-/m1/s1. The second-order valence-electron chi connectivity index (χ2n) is 5.08. The first-order valence-electron chi connectivity index (χ1n) is 6.41. The number of carbonyl (C=O) groups excluding carboxylic acids is 1. The van der Waals surface area contributed by atoms with Gasteiger partial charge in [0.15, 0.2) is 0 Å². The molecule has 2 aromatic rings. The summed E-state index contributed by atoms with van der Waals surface area (Å²) in [5, 5.41) is 21.3. The van der Waals surface area contributed by atoms with Crippen LogP contribution < -0.4 is 5.73 Å². The summed E-state index contributed by atoms with van der Waals surface area (Å²) in [7, 11) is 0. The summed E-state index contributed by atoms with van der Waals surface area (Å²) in [4.78, 5) is 11.0. The van der Waals surface area contributed by atoms with E-state index in [-0.39, 0.29) is 17.7 Å². The molecule has 0 saturated heterocycles. The second kappa shape index (κ2) is 4.71. The zero-order valence-electron chi connectivity index (χ0n) is 10.9. The molecule has 1 aliphatic carbocycles. The van der Waals surface area contributed by atoms with Gasteiger partial charge >= 0.3 is 0 Å². The molecule has 1 atom stereocenters. The first kappa shape index (κ1) is 12.8. The SMILES string of the molecule is C[C@@H](O)c1cnnn1[C@H]1C[C@H](c2cc(C(N)=O)on2)C1. The van der Waals surface area contributed by atoms with Gasteiger partial charge in [0.05, 0.1) is 29.7 Å². The van der Waals surface area contributed by atoms with Gasteiger partial charge in [-0.05, 0) is 19.8 Å². The molecule has 2 heterocycles. The van der Waals surface area contributed by atoms with Crippen LogP contribution in [-0.2, 0) is 0 Å². The lowest BCUT2D eigenvalue weighted by Gasteiger charge is -2.34. The quantitative estimate of drug-likeness (QED) is 0.841. The zero-order valence-corrected chi connectivity index (χ0v) is 10.9. The third kappa shape index (κ3) is 2.07. The molecule has 1 fully saturated rings. The topological polar surface area (TPSA) is 120 Å². The Balaban J connectivity index is 1.68. The molecule has 3 N–H and O–H groups in total. The first-order valence-corrected chi connectivity index (χ1v) is 6.41. The number of carbonyl (C=O) groups is 1. The molecule has 0 spiro atoms. The maximum atomic E-state index is 11.0. The van der Waals surface area contributed by atoms with E-state index < -0.39 is 12.0 Å². The Bertz CT molecular complexity index is 627. The van der Waals surface area contributed by atoms with Gasteiger partial charge < -0.3 is 15.4 Å². The van der Waals surface area contributed by atoms with E-state index in [0.717, 1.165) is 18.5 Å². The normalized spacial score (nSPS) is 23.3. The number of amides is 1. The minimum atomic E-state index is -0.618. The van der Waals surface area contributed by atoms with Gasteiger partial charge in [-0.2, -0.15) is 0 Å². The second-order valence-corrected chi connectivity index (χ2v) is 5.08. The Hall–Kier alpha value is -2.22. The van der Waals surface area contributed by atoms with Gasteiger partial charge in [0.25, 0.3) is 5.91 Å². The fourth-order valence-electron chi connectivity index (χ4n) is 2.46. The van der Waals surface area contributed by atoms with Crippen molar-refractivity contribution >= 4 is 5.91 Å². The molecule has 3 rings (SSSR count). The zero-order chi connectivity index (χ0) is 14.3. The summed E-state index contributed by atoms with van der Waals surface area (Å²) >= 11 is 0. The number of nitrogens with zero attached hydrogens (tertiary/aromatic N) is 4. The van der Waals surface area contributed by atoms with Gasteiger partial charge in [0.1, 0.15) is 0 Å². The highest BCUT2D eigenvalue weighted by atomic mass is 16.5. The summed E-state index contributed by atoms with van der Waals surface area (Å²) in [5.41, 5.74) is 6.55. The van der Waals surface area contributed by atoms with Crippen molar-refractivity contribution in [2.24, 2.45) is 5.73 Å². The summed E-state index contributed by atoms with van der Waals surface area (Å²) in [5.74, 6) is -0.330. The van der Waals surface area contributed by atoms with Crippen LogP contribution in [0.5, 0.6) is 0 Å². The largest absolute Gasteiger partial charge is 0.387 e. The van der Waals surface area contributed by atoms with Crippen molar-refractivity contribution in [2.45, 2.75) is 37.8 Å². The van der Waals surface area contributed by atoms with Crippen molar-refractivity contribution in [1.29, 1.82) is 0 Å². The van der Waals surface area contributed by atoms with Crippen molar-refractivity contribution in [3.63, 3.8) is 0 Å². The molecule has 8 heteroatoms. The lowest BCUT2D eigenvalue weighted by atomic mass is 9.78. The van der Waals surface area contributed by atoms with Crippen LogP contribution in [0.3, 0.4) is 0 Å². The molecule has 106 valence electrons. The van der Waals surface area contributed by atoms with Crippen LogP contribution >= 0.6 is 0 Å². The number of aromatic nitrogens is 4. The van der Waals surface area contributed by atoms with E-state index in [0.29, 0.717) is 5.69 Å². The number of primary amides is 1. The van der Waals surface area contributed by atoms with E-state index in [2.05, 4.69) is 15.5 Å². The van der Waals surface area contributed by atoms with E-state index in [1.165, 1.54) is 0 Å². The molecule has 0 aromatic carbocycles. The minimum absolute atomic E-state index is 0.0777.